The predicted molar refractivity (Wildman–Crippen MR) is 137 cm³/mol. The summed E-state index contributed by atoms with van der Waals surface area (Å²) in [5, 5.41) is 9.47. The molecule has 2 aromatic carbocycles. The minimum absolute atomic E-state index is 0. The number of nitrogens with one attached hydrogen (secondary N) is 3. The average molecular weight is 534 g/mol. The van der Waals surface area contributed by atoms with Crippen molar-refractivity contribution >= 4 is 46.9 Å². The number of hydrogen-bond donors (Lipinski definition) is 3. The number of fused-ring (bicyclic) bond motifs is 1. The first kappa shape index (κ1) is 24.6. The standard InChI is InChI=1S/C23H30N6O.HI/c1-17-8-6-9-19(16-17)22(30)25-13-14-27-23(24-3)26-12-7-15-29-18(2)28-20-10-4-5-11-21(20)29;/h4-6,8-11,16H,7,12-15H2,1-3H3,(H,25,30)(H2,24,26,27);1H. The Kier molecular flexibility index (Phi) is 9.77. The smallest absolute Gasteiger partial charge is 0.251 e. The van der Waals surface area contributed by atoms with E-state index in [4.69, 9.17) is 0 Å². The lowest BCUT2D eigenvalue weighted by molar-refractivity contribution is 0.0954. The second kappa shape index (κ2) is 12.3. The summed E-state index contributed by atoms with van der Waals surface area (Å²) in [5.41, 5.74) is 3.96. The van der Waals surface area contributed by atoms with E-state index in [1.165, 1.54) is 5.52 Å². The Balaban J connectivity index is 0.00000341. The first-order valence-electron chi connectivity index (χ1n) is 10.3. The quantitative estimate of drug-likeness (QED) is 0.179. The second-order valence-electron chi connectivity index (χ2n) is 7.20. The number of hydrogen-bond acceptors (Lipinski definition) is 3. The van der Waals surface area contributed by atoms with Crippen molar-refractivity contribution in [3.8, 4) is 0 Å². The van der Waals surface area contributed by atoms with Crippen LogP contribution in [0.5, 0.6) is 0 Å². The van der Waals surface area contributed by atoms with E-state index in [1.807, 2.05) is 56.3 Å². The van der Waals surface area contributed by atoms with Crippen molar-refractivity contribution in [3.05, 3.63) is 65.5 Å². The molecule has 0 aliphatic rings. The molecule has 0 aliphatic heterocycles. The molecule has 0 atom stereocenters. The molecule has 0 saturated carbocycles. The number of halogens is 1. The topological polar surface area (TPSA) is 83.3 Å². The van der Waals surface area contributed by atoms with Gasteiger partial charge in [-0.25, -0.2) is 4.98 Å². The number of aryl methyl sites for hydroxylation is 3. The zero-order valence-corrected chi connectivity index (χ0v) is 20.6. The molecule has 3 N–H and O–H groups in total. The largest absolute Gasteiger partial charge is 0.356 e. The van der Waals surface area contributed by atoms with Gasteiger partial charge in [0.05, 0.1) is 11.0 Å². The van der Waals surface area contributed by atoms with Gasteiger partial charge < -0.3 is 20.5 Å². The molecule has 0 unspecified atom stereocenters. The predicted octanol–water partition coefficient (Wildman–Crippen LogP) is 3.26. The summed E-state index contributed by atoms with van der Waals surface area (Å²) in [4.78, 5) is 21.0. The lowest BCUT2D eigenvalue weighted by atomic mass is 10.1. The number of imidazole rings is 1. The Hall–Kier alpha value is -2.62. The highest BCUT2D eigenvalue weighted by molar-refractivity contribution is 14.0. The summed E-state index contributed by atoms with van der Waals surface area (Å²) in [6.45, 7) is 6.82. The third kappa shape index (κ3) is 6.95. The number of nitrogens with zero attached hydrogens (tertiary/aromatic N) is 3. The molecule has 1 aromatic heterocycles. The van der Waals surface area contributed by atoms with Gasteiger partial charge in [0.2, 0.25) is 0 Å². The first-order chi connectivity index (χ1) is 14.6. The zero-order chi connectivity index (χ0) is 21.3. The van der Waals surface area contributed by atoms with Gasteiger partial charge in [-0.15, -0.1) is 24.0 Å². The average Bonchev–Trinajstić information content (AvgIpc) is 3.07. The molecular weight excluding hydrogens is 503 g/mol. The van der Waals surface area contributed by atoms with Crippen LogP contribution in [0.25, 0.3) is 11.0 Å². The molecule has 0 bridgehead atoms. The highest BCUT2D eigenvalue weighted by Gasteiger charge is 2.07. The maximum atomic E-state index is 12.2. The van der Waals surface area contributed by atoms with Crippen molar-refractivity contribution in [3.63, 3.8) is 0 Å². The van der Waals surface area contributed by atoms with Crippen molar-refractivity contribution in [1.82, 2.24) is 25.5 Å². The molecule has 7 nitrogen and oxygen atoms in total. The molecule has 0 spiro atoms. The van der Waals surface area contributed by atoms with Gasteiger partial charge in [0.1, 0.15) is 5.82 Å². The maximum Gasteiger partial charge on any atom is 0.251 e. The number of rotatable bonds is 8. The second-order valence-corrected chi connectivity index (χ2v) is 7.20. The summed E-state index contributed by atoms with van der Waals surface area (Å²) in [5.74, 6) is 1.70. The lowest BCUT2D eigenvalue weighted by Gasteiger charge is -2.13. The van der Waals surface area contributed by atoms with Gasteiger partial charge >= 0.3 is 0 Å². The molecule has 8 heteroatoms. The van der Waals surface area contributed by atoms with Crippen molar-refractivity contribution in [2.45, 2.75) is 26.8 Å². The van der Waals surface area contributed by atoms with E-state index in [1.54, 1.807) is 7.05 Å². The van der Waals surface area contributed by atoms with Crippen LogP contribution in [-0.2, 0) is 6.54 Å². The monoisotopic (exact) mass is 534 g/mol. The van der Waals surface area contributed by atoms with Gasteiger partial charge in [-0.05, 0) is 44.5 Å². The highest BCUT2D eigenvalue weighted by Crippen LogP contribution is 2.15. The number of para-hydroxylation sites is 2. The van der Waals surface area contributed by atoms with Crippen LogP contribution in [0.1, 0.15) is 28.2 Å². The number of guanidine groups is 1. The Morgan fingerprint density at radius 1 is 1.00 bits per heavy atom. The van der Waals surface area contributed by atoms with E-state index in [9.17, 15) is 4.79 Å². The molecule has 1 amide bonds. The fraction of sp³-hybridized carbons (Fsp3) is 0.348. The molecule has 0 radical (unpaired) electrons. The summed E-state index contributed by atoms with van der Waals surface area (Å²) < 4.78 is 2.24. The lowest BCUT2D eigenvalue weighted by Crippen LogP contribution is -2.42. The van der Waals surface area contributed by atoms with Crippen LogP contribution < -0.4 is 16.0 Å². The number of aromatic nitrogens is 2. The summed E-state index contributed by atoms with van der Waals surface area (Å²) in [6.07, 6.45) is 0.950. The van der Waals surface area contributed by atoms with Crippen LogP contribution in [0.2, 0.25) is 0 Å². The molecule has 0 saturated heterocycles. The van der Waals surface area contributed by atoms with E-state index in [0.717, 1.165) is 42.4 Å². The van der Waals surface area contributed by atoms with Crippen LogP contribution in [0.15, 0.2) is 53.5 Å². The van der Waals surface area contributed by atoms with E-state index in [2.05, 4.69) is 36.6 Å². The molecule has 0 fully saturated rings. The van der Waals surface area contributed by atoms with Crippen LogP contribution in [0, 0.1) is 13.8 Å². The SMILES string of the molecule is CN=C(NCCCn1c(C)nc2ccccc21)NCCNC(=O)c1cccc(C)c1.I. The Labute approximate surface area is 200 Å². The van der Waals surface area contributed by atoms with Crippen molar-refractivity contribution < 1.29 is 4.79 Å². The zero-order valence-electron chi connectivity index (χ0n) is 18.3. The number of amides is 1. The third-order valence-electron chi connectivity index (χ3n) is 4.90. The molecule has 31 heavy (non-hydrogen) atoms. The van der Waals surface area contributed by atoms with Crippen molar-refractivity contribution in [2.24, 2.45) is 4.99 Å². The van der Waals surface area contributed by atoms with Gasteiger partial charge in [0, 0.05) is 38.8 Å². The van der Waals surface area contributed by atoms with Crippen LogP contribution in [-0.4, -0.2) is 48.1 Å². The third-order valence-corrected chi connectivity index (χ3v) is 4.90. The number of benzene rings is 2. The molecule has 3 aromatic rings. The molecule has 3 rings (SSSR count). The first-order valence-corrected chi connectivity index (χ1v) is 10.3. The Morgan fingerprint density at radius 3 is 2.52 bits per heavy atom. The minimum atomic E-state index is -0.0635. The number of carbonyl (C=O) groups excluding carboxylic acids is 1. The minimum Gasteiger partial charge on any atom is -0.356 e. The van der Waals surface area contributed by atoms with Crippen LogP contribution in [0.4, 0.5) is 0 Å². The maximum absolute atomic E-state index is 12.2. The van der Waals surface area contributed by atoms with Crippen LogP contribution in [0.3, 0.4) is 0 Å². The van der Waals surface area contributed by atoms with Crippen molar-refractivity contribution in [1.29, 1.82) is 0 Å². The van der Waals surface area contributed by atoms with Gasteiger partial charge in [-0.3, -0.25) is 9.79 Å². The molecule has 1 heterocycles. The summed E-state index contributed by atoms with van der Waals surface area (Å²) in [6, 6.07) is 15.8. The van der Waals surface area contributed by atoms with Gasteiger partial charge in [-0.1, -0.05) is 29.8 Å². The Morgan fingerprint density at radius 2 is 1.74 bits per heavy atom. The van der Waals surface area contributed by atoms with Gasteiger partial charge in [0.25, 0.3) is 5.91 Å². The Bertz CT molecular complexity index is 1030. The van der Waals surface area contributed by atoms with Crippen molar-refractivity contribution in [2.75, 3.05) is 26.7 Å². The normalized spacial score (nSPS) is 11.1. The fourth-order valence-electron chi connectivity index (χ4n) is 3.39. The highest BCUT2D eigenvalue weighted by atomic mass is 127. The summed E-state index contributed by atoms with van der Waals surface area (Å²) in [7, 11) is 1.74. The molecule has 0 aliphatic carbocycles. The number of carbonyl (C=O) groups is 1. The molecule has 166 valence electrons. The van der Waals surface area contributed by atoms with Crippen LogP contribution >= 0.6 is 24.0 Å². The van der Waals surface area contributed by atoms with E-state index >= 15 is 0 Å². The van der Waals surface area contributed by atoms with Gasteiger partial charge in [-0.2, -0.15) is 0 Å². The number of aliphatic imine (C=N–C) groups is 1. The van der Waals surface area contributed by atoms with E-state index in [0.29, 0.717) is 18.7 Å². The van der Waals surface area contributed by atoms with E-state index in [-0.39, 0.29) is 29.9 Å². The van der Waals surface area contributed by atoms with E-state index < -0.39 is 0 Å². The summed E-state index contributed by atoms with van der Waals surface area (Å²) >= 11 is 0. The van der Waals surface area contributed by atoms with Gasteiger partial charge in [0.15, 0.2) is 5.96 Å². The molecular formula is C23H31IN6O. The fourth-order valence-corrected chi connectivity index (χ4v) is 3.39.